The van der Waals surface area contributed by atoms with E-state index in [-0.39, 0.29) is 17.9 Å². The molecule has 0 aromatic heterocycles. The fourth-order valence-electron chi connectivity index (χ4n) is 2.78. The molecule has 1 N–H and O–H groups in total. The lowest BCUT2D eigenvalue weighted by Gasteiger charge is -2.34. The van der Waals surface area contributed by atoms with Crippen molar-refractivity contribution >= 4 is 11.8 Å². The zero-order valence-electron chi connectivity index (χ0n) is 14.1. The Morgan fingerprint density at radius 3 is 2.35 bits per heavy atom. The SMILES string of the molecule is CC(C)NC(=O)CN1CCN(C(=O)CCc2ccccc2)CC1. The molecule has 1 aromatic carbocycles. The predicted molar refractivity (Wildman–Crippen MR) is 91.1 cm³/mol. The van der Waals surface area contributed by atoms with Crippen LogP contribution in [0.2, 0.25) is 0 Å². The lowest BCUT2D eigenvalue weighted by molar-refractivity contribution is -0.133. The van der Waals surface area contributed by atoms with E-state index in [4.69, 9.17) is 0 Å². The maximum absolute atomic E-state index is 12.3. The average Bonchev–Trinajstić information content (AvgIpc) is 2.53. The smallest absolute Gasteiger partial charge is 0.234 e. The highest BCUT2D eigenvalue weighted by Gasteiger charge is 2.22. The minimum Gasteiger partial charge on any atom is -0.353 e. The van der Waals surface area contributed by atoms with Crippen molar-refractivity contribution in [3.63, 3.8) is 0 Å². The fraction of sp³-hybridized carbons (Fsp3) is 0.556. The van der Waals surface area contributed by atoms with Crippen LogP contribution in [0.4, 0.5) is 0 Å². The first-order chi connectivity index (χ1) is 11.0. The first kappa shape index (κ1) is 17.5. The molecule has 0 atom stereocenters. The van der Waals surface area contributed by atoms with Crippen LogP contribution in [-0.4, -0.2) is 60.4 Å². The van der Waals surface area contributed by atoms with Crippen molar-refractivity contribution in [2.45, 2.75) is 32.7 Å². The number of carbonyl (C=O) groups is 2. The van der Waals surface area contributed by atoms with Crippen LogP contribution in [0, 0.1) is 0 Å². The van der Waals surface area contributed by atoms with Gasteiger partial charge in [0.25, 0.3) is 0 Å². The van der Waals surface area contributed by atoms with Gasteiger partial charge in [-0.1, -0.05) is 30.3 Å². The van der Waals surface area contributed by atoms with Gasteiger partial charge in [0.1, 0.15) is 0 Å². The van der Waals surface area contributed by atoms with Crippen LogP contribution in [0.15, 0.2) is 30.3 Å². The third-order valence-corrected chi connectivity index (χ3v) is 4.01. The monoisotopic (exact) mass is 317 g/mol. The molecule has 1 aliphatic rings. The molecule has 1 heterocycles. The van der Waals surface area contributed by atoms with Gasteiger partial charge < -0.3 is 10.2 Å². The second-order valence-electron chi connectivity index (χ2n) is 6.36. The van der Waals surface area contributed by atoms with Crippen LogP contribution in [0.3, 0.4) is 0 Å². The number of rotatable bonds is 6. The summed E-state index contributed by atoms with van der Waals surface area (Å²) in [6.45, 7) is 7.29. The standard InChI is InChI=1S/C18H27N3O2/c1-15(2)19-17(22)14-20-10-12-21(13-11-20)18(23)9-8-16-6-4-3-5-7-16/h3-7,15H,8-14H2,1-2H3,(H,19,22). The third kappa shape index (κ3) is 6.02. The largest absolute Gasteiger partial charge is 0.353 e. The van der Waals surface area contributed by atoms with E-state index in [0.29, 0.717) is 26.1 Å². The summed E-state index contributed by atoms with van der Waals surface area (Å²) in [7, 11) is 0. The van der Waals surface area contributed by atoms with Gasteiger partial charge in [0.15, 0.2) is 0 Å². The van der Waals surface area contributed by atoms with Gasteiger partial charge in [-0.25, -0.2) is 0 Å². The summed E-state index contributed by atoms with van der Waals surface area (Å²) in [5, 5.41) is 2.90. The molecule has 5 nitrogen and oxygen atoms in total. The topological polar surface area (TPSA) is 52.7 Å². The molecular weight excluding hydrogens is 290 g/mol. The van der Waals surface area contributed by atoms with Crippen LogP contribution in [0.5, 0.6) is 0 Å². The van der Waals surface area contributed by atoms with E-state index >= 15 is 0 Å². The number of benzene rings is 1. The Morgan fingerprint density at radius 1 is 1.09 bits per heavy atom. The average molecular weight is 317 g/mol. The molecule has 2 amide bonds. The summed E-state index contributed by atoms with van der Waals surface area (Å²) in [4.78, 5) is 28.1. The van der Waals surface area contributed by atoms with E-state index in [0.717, 1.165) is 19.5 Å². The van der Waals surface area contributed by atoms with Gasteiger partial charge in [-0.2, -0.15) is 0 Å². The van der Waals surface area contributed by atoms with Crippen molar-refractivity contribution in [2.75, 3.05) is 32.7 Å². The summed E-state index contributed by atoms with van der Waals surface area (Å²) in [6.07, 6.45) is 1.34. The Bertz CT molecular complexity index is 508. The molecule has 5 heteroatoms. The molecule has 0 radical (unpaired) electrons. The molecule has 126 valence electrons. The van der Waals surface area contributed by atoms with Crippen LogP contribution < -0.4 is 5.32 Å². The Balaban J connectivity index is 1.69. The summed E-state index contributed by atoms with van der Waals surface area (Å²) in [6, 6.07) is 10.3. The third-order valence-electron chi connectivity index (χ3n) is 4.01. The number of amides is 2. The van der Waals surface area contributed by atoms with Crippen molar-refractivity contribution in [1.82, 2.24) is 15.1 Å². The van der Waals surface area contributed by atoms with Crippen LogP contribution in [0.1, 0.15) is 25.8 Å². The zero-order chi connectivity index (χ0) is 16.7. The minimum atomic E-state index is 0.0591. The molecule has 23 heavy (non-hydrogen) atoms. The number of carbonyl (C=O) groups excluding carboxylic acids is 2. The second kappa shape index (κ2) is 8.67. The number of aryl methyl sites for hydroxylation is 1. The Morgan fingerprint density at radius 2 is 1.74 bits per heavy atom. The number of nitrogens with one attached hydrogen (secondary N) is 1. The molecular formula is C18H27N3O2. The lowest BCUT2D eigenvalue weighted by Crippen LogP contribution is -2.51. The van der Waals surface area contributed by atoms with Gasteiger partial charge in [0.05, 0.1) is 6.54 Å². The lowest BCUT2D eigenvalue weighted by atomic mass is 10.1. The van der Waals surface area contributed by atoms with Gasteiger partial charge in [-0.3, -0.25) is 14.5 Å². The molecule has 1 fully saturated rings. The highest BCUT2D eigenvalue weighted by atomic mass is 16.2. The number of nitrogens with zero attached hydrogens (tertiary/aromatic N) is 2. The first-order valence-electron chi connectivity index (χ1n) is 8.38. The first-order valence-corrected chi connectivity index (χ1v) is 8.38. The molecule has 1 aromatic rings. The Labute approximate surface area is 138 Å². The summed E-state index contributed by atoms with van der Waals surface area (Å²) in [5.41, 5.74) is 1.20. The maximum atomic E-state index is 12.3. The van der Waals surface area contributed by atoms with Gasteiger partial charge in [0.2, 0.25) is 11.8 Å². The van der Waals surface area contributed by atoms with E-state index in [1.807, 2.05) is 36.9 Å². The maximum Gasteiger partial charge on any atom is 0.234 e. The number of hydrogen-bond acceptors (Lipinski definition) is 3. The quantitative estimate of drug-likeness (QED) is 0.860. The molecule has 2 rings (SSSR count). The molecule has 0 bridgehead atoms. The van der Waals surface area contributed by atoms with Crippen molar-refractivity contribution in [3.05, 3.63) is 35.9 Å². The van der Waals surface area contributed by atoms with Gasteiger partial charge in [0, 0.05) is 38.6 Å². The second-order valence-corrected chi connectivity index (χ2v) is 6.36. The van der Waals surface area contributed by atoms with E-state index in [1.54, 1.807) is 0 Å². The van der Waals surface area contributed by atoms with Crippen molar-refractivity contribution in [3.8, 4) is 0 Å². The molecule has 0 spiro atoms. The van der Waals surface area contributed by atoms with Gasteiger partial charge in [-0.05, 0) is 25.8 Å². The minimum absolute atomic E-state index is 0.0591. The number of hydrogen-bond donors (Lipinski definition) is 1. The molecule has 1 aliphatic heterocycles. The Kier molecular flexibility index (Phi) is 6.59. The van der Waals surface area contributed by atoms with E-state index in [9.17, 15) is 9.59 Å². The fourth-order valence-corrected chi connectivity index (χ4v) is 2.78. The highest BCUT2D eigenvalue weighted by Crippen LogP contribution is 2.07. The normalized spacial score (nSPS) is 15.7. The summed E-state index contributed by atoms with van der Waals surface area (Å²) >= 11 is 0. The highest BCUT2D eigenvalue weighted by molar-refractivity contribution is 5.78. The summed E-state index contributed by atoms with van der Waals surface area (Å²) in [5.74, 6) is 0.268. The molecule has 0 aliphatic carbocycles. The van der Waals surface area contributed by atoms with Gasteiger partial charge in [-0.15, -0.1) is 0 Å². The van der Waals surface area contributed by atoms with Crippen LogP contribution in [0.25, 0.3) is 0 Å². The van der Waals surface area contributed by atoms with Crippen molar-refractivity contribution in [2.24, 2.45) is 0 Å². The summed E-state index contributed by atoms with van der Waals surface area (Å²) < 4.78 is 0. The zero-order valence-corrected chi connectivity index (χ0v) is 14.1. The molecule has 0 saturated carbocycles. The van der Waals surface area contributed by atoms with E-state index in [2.05, 4.69) is 22.3 Å². The predicted octanol–water partition coefficient (Wildman–Crippen LogP) is 1.29. The Hall–Kier alpha value is -1.88. The molecule has 0 unspecified atom stereocenters. The van der Waals surface area contributed by atoms with E-state index in [1.165, 1.54) is 5.56 Å². The van der Waals surface area contributed by atoms with Crippen LogP contribution >= 0.6 is 0 Å². The van der Waals surface area contributed by atoms with Crippen molar-refractivity contribution < 1.29 is 9.59 Å². The van der Waals surface area contributed by atoms with E-state index < -0.39 is 0 Å². The molecule has 1 saturated heterocycles. The van der Waals surface area contributed by atoms with Crippen molar-refractivity contribution in [1.29, 1.82) is 0 Å². The van der Waals surface area contributed by atoms with Crippen LogP contribution in [-0.2, 0) is 16.0 Å². The number of piperazine rings is 1. The van der Waals surface area contributed by atoms with Gasteiger partial charge >= 0.3 is 0 Å².